The smallest absolute Gasteiger partial charge is 0.105 e. The molecule has 0 saturated heterocycles. The largest absolute Gasteiger partial charge is 0.382 e. The first kappa shape index (κ1) is 12.2. The van der Waals surface area contributed by atoms with Crippen LogP contribution < -0.4 is 5.32 Å². The molecule has 2 rings (SSSR count). The van der Waals surface area contributed by atoms with Crippen LogP contribution in [0.25, 0.3) is 0 Å². The van der Waals surface area contributed by atoms with Gasteiger partial charge < -0.3 is 9.88 Å². The van der Waals surface area contributed by atoms with Gasteiger partial charge in [-0.15, -0.1) is 0 Å². The maximum atomic E-state index is 4.20. The Kier molecular flexibility index (Phi) is 3.84. The van der Waals surface area contributed by atoms with Gasteiger partial charge in [-0.25, -0.2) is 4.98 Å². The van der Waals surface area contributed by atoms with Gasteiger partial charge in [0.05, 0.1) is 0 Å². The molecule has 0 aliphatic carbocycles. The lowest BCUT2D eigenvalue weighted by atomic mass is 10.2. The van der Waals surface area contributed by atoms with E-state index in [9.17, 15) is 0 Å². The molecule has 0 spiro atoms. The number of rotatable bonds is 4. The van der Waals surface area contributed by atoms with Gasteiger partial charge in [0.1, 0.15) is 5.82 Å². The fourth-order valence-corrected chi connectivity index (χ4v) is 2.11. The summed E-state index contributed by atoms with van der Waals surface area (Å²) in [5.74, 6) is 1.05. The molecule has 1 N–H and O–H groups in total. The zero-order valence-electron chi connectivity index (χ0n) is 10.1. The van der Waals surface area contributed by atoms with Crippen molar-refractivity contribution in [3.05, 3.63) is 46.5 Å². The van der Waals surface area contributed by atoms with Gasteiger partial charge in [0.25, 0.3) is 0 Å². The molecular weight excluding hydrogens is 278 g/mol. The summed E-state index contributed by atoms with van der Waals surface area (Å²) < 4.78 is 3.24. The summed E-state index contributed by atoms with van der Waals surface area (Å²) in [5, 5.41) is 3.42. The van der Waals surface area contributed by atoms with E-state index in [0.29, 0.717) is 0 Å². The SMILES string of the molecule is Cc1ccc(Br)c(NCCn2ccnc2C)c1. The van der Waals surface area contributed by atoms with Crippen molar-refractivity contribution in [2.75, 3.05) is 11.9 Å². The van der Waals surface area contributed by atoms with Crippen LogP contribution in [-0.4, -0.2) is 16.1 Å². The summed E-state index contributed by atoms with van der Waals surface area (Å²) in [6, 6.07) is 6.31. The Labute approximate surface area is 110 Å². The highest BCUT2D eigenvalue weighted by Gasteiger charge is 2.00. The van der Waals surface area contributed by atoms with E-state index >= 15 is 0 Å². The van der Waals surface area contributed by atoms with Crippen molar-refractivity contribution in [1.29, 1.82) is 0 Å². The van der Waals surface area contributed by atoms with Crippen LogP contribution in [0.5, 0.6) is 0 Å². The van der Waals surface area contributed by atoms with E-state index in [-0.39, 0.29) is 0 Å². The molecule has 1 heterocycles. The average molecular weight is 294 g/mol. The van der Waals surface area contributed by atoms with E-state index in [4.69, 9.17) is 0 Å². The van der Waals surface area contributed by atoms with Gasteiger partial charge in [0.2, 0.25) is 0 Å². The van der Waals surface area contributed by atoms with Gasteiger partial charge in [-0.3, -0.25) is 0 Å². The molecule has 0 radical (unpaired) electrons. The number of nitrogens with zero attached hydrogens (tertiary/aromatic N) is 2. The van der Waals surface area contributed by atoms with Crippen LogP contribution in [0.15, 0.2) is 35.1 Å². The third-order valence-corrected chi connectivity index (χ3v) is 3.41. The number of hydrogen-bond acceptors (Lipinski definition) is 2. The van der Waals surface area contributed by atoms with Crippen molar-refractivity contribution in [3.8, 4) is 0 Å². The van der Waals surface area contributed by atoms with E-state index in [1.54, 1.807) is 0 Å². The number of imidazole rings is 1. The van der Waals surface area contributed by atoms with Gasteiger partial charge in [-0.05, 0) is 47.5 Å². The average Bonchev–Trinajstić information content (AvgIpc) is 2.70. The molecule has 0 amide bonds. The Morgan fingerprint density at radius 2 is 2.18 bits per heavy atom. The maximum Gasteiger partial charge on any atom is 0.105 e. The molecule has 0 unspecified atom stereocenters. The molecule has 0 aliphatic rings. The Bertz CT molecular complexity index is 505. The van der Waals surface area contributed by atoms with Crippen molar-refractivity contribution in [1.82, 2.24) is 9.55 Å². The van der Waals surface area contributed by atoms with Crippen LogP contribution in [0.4, 0.5) is 5.69 Å². The number of aromatic nitrogens is 2. The van der Waals surface area contributed by atoms with Crippen molar-refractivity contribution in [2.45, 2.75) is 20.4 Å². The number of nitrogens with one attached hydrogen (secondary N) is 1. The number of aryl methyl sites for hydroxylation is 2. The van der Waals surface area contributed by atoms with E-state index in [2.05, 4.69) is 55.9 Å². The second kappa shape index (κ2) is 5.36. The summed E-state index contributed by atoms with van der Waals surface area (Å²) in [6.45, 7) is 5.92. The lowest BCUT2D eigenvalue weighted by Gasteiger charge is -2.10. The van der Waals surface area contributed by atoms with Crippen molar-refractivity contribution < 1.29 is 0 Å². The van der Waals surface area contributed by atoms with Crippen LogP contribution in [0.3, 0.4) is 0 Å². The summed E-state index contributed by atoms with van der Waals surface area (Å²) in [7, 11) is 0. The Hall–Kier alpha value is -1.29. The first-order chi connectivity index (χ1) is 8.16. The number of anilines is 1. The first-order valence-electron chi connectivity index (χ1n) is 5.64. The van der Waals surface area contributed by atoms with Crippen molar-refractivity contribution in [2.24, 2.45) is 0 Å². The molecule has 0 aliphatic heterocycles. The van der Waals surface area contributed by atoms with Gasteiger partial charge in [0.15, 0.2) is 0 Å². The molecule has 1 aromatic heterocycles. The second-order valence-corrected chi connectivity index (χ2v) is 4.93. The van der Waals surface area contributed by atoms with Crippen molar-refractivity contribution in [3.63, 3.8) is 0 Å². The van der Waals surface area contributed by atoms with Gasteiger partial charge >= 0.3 is 0 Å². The molecule has 0 saturated carbocycles. The predicted octanol–water partition coefficient (Wildman–Crippen LogP) is 3.37. The summed E-state index contributed by atoms with van der Waals surface area (Å²) in [4.78, 5) is 4.20. The van der Waals surface area contributed by atoms with Crippen LogP contribution in [0, 0.1) is 13.8 Å². The minimum Gasteiger partial charge on any atom is -0.382 e. The third kappa shape index (κ3) is 3.09. The second-order valence-electron chi connectivity index (χ2n) is 4.08. The van der Waals surface area contributed by atoms with E-state index < -0.39 is 0 Å². The molecule has 4 heteroatoms. The van der Waals surface area contributed by atoms with E-state index in [1.165, 1.54) is 5.56 Å². The van der Waals surface area contributed by atoms with Gasteiger partial charge in [-0.2, -0.15) is 0 Å². The lowest BCUT2D eigenvalue weighted by Crippen LogP contribution is -2.11. The normalized spacial score (nSPS) is 10.5. The summed E-state index contributed by atoms with van der Waals surface area (Å²) in [5.41, 5.74) is 2.40. The summed E-state index contributed by atoms with van der Waals surface area (Å²) in [6.07, 6.45) is 3.83. The fraction of sp³-hybridized carbons (Fsp3) is 0.308. The molecule has 17 heavy (non-hydrogen) atoms. The van der Waals surface area contributed by atoms with Crippen LogP contribution in [0.1, 0.15) is 11.4 Å². The fourth-order valence-electron chi connectivity index (χ4n) is 1.73. The van der Waals surface area contributed by atoms with Crippen LogP contribution in [-0.2, 0) is 6.54 Å². The predicted molar refractivity (Wildman–Crippen MR) is 74.3 cm³/mol. The van der Waals surface area contributed by atoms with Crippen LogP contribution >= 0.6 is 15.9 Å². The van der Waals surface area contributed by atoms with E-state index in [1.807, 2.05) is 19.3 Å². The molecule has 0 fully saturated rings. The zero-order valence-corrected chi connectivity index (χ0v) is 11.7. The third-order valence-electron chi connectivity index (χ3n) is 2.71. The highest BCUT2D eigenvalue weighted by molar-refractivity contribution is 9.10. The standard InChI is InChI=1S/C13H16BrN3/c1-10-3-4-12(14)13(9-10)16-6-8-17-7-5-15-11(17)2/h3-5,7,9,16H,6,8H2,1-2H3. The number of hydrogen-bond donors (Lipinski definition) is 1. The molecule has 1 aromatic carbocycles. The molecule has 90 valence electrons. The molecule has 3 nitrogen and oxygen atoms in total. The van der Waals surface area contributed by atoms with Gasteiger partial charge in [-0.1, -0.05) is 6.07 Å². The van der Waals surface area contributed by atoms with Gasteiger partial charge in [0, 0.05) is 35.6 Å². The van der Waals surface area contributed by atoms with Crippen molar-refractivity contribution >= 4 is 21.6 Å². The van der Waals surface area contributed by atoms with Crippen LogP contribution in [0.2, 0.25) is 0 Å². The molecular formula is C13H16BrN3. The summed E-state index contributed by atoms with van der Waals surface area (Å²) >= 11 is 3.54. The number of halogens is 1. The lowest BCUT2D eigenvalue weighted by molar-refractivity contribution is 0.701. The topological polar surface area (TPSA) is 29.9 Å². The van der Waals surface area contributed by atoms with E-state index in [0.717, 1.165) is 29.1 Å². The molecule has 0 bridgehead atoms. The Morgan fingerprint density at radius 1 is 1.35 bits per heavy atom. The molecule has 2 aromatic rings. The highest BCUT2D eigenvalue weighted by Crippen LogP contribution is 2.23. The number of benzene rings is 1. The maximum absolute atomic E-state index is 4.20. The molecule has 0 atom stereocenters. The zero-order chi connectivity index (χ0) is 12.3. The Balaban J connectivity index is 1.94. The Morgan fingerprint density at radius 3 is 2.88 bits per heavy atom. The monoisotopic (exact) mass is 293 g/mol. The minimum atomic E-state index is 0.888. The highest BCUT2D eigenvalue weighted by atomic mass is 79.9. The minimum absolute atomic E-state index is 0.888. The first-order valence-corrected chi connectivity index (χ1v) is 6.44. The quantitative estimate of drug-likeness (QED) is 0.937.